The van der Waals surface area contributed by atoms with Crippen molar-refractivity contribution in [1.82, 2.24) is 4.98 Å². The van der Waals surface area contributed by atoms with Crippen LogP contribution in [0, 0.1) is 5.82 Å². The highest BCUT2D eigenvalue weighted by molar-refractivity contribution is 5.36. The quantitative estimate of drug-likeness (QED) is 0.857. The first-order chi connectivity index (χ1) is 9.21. The standard InChI is InChI=1S/C14H11F4NO/c1-13(20,11-6-12(15)8-19-7-11)9-2-4-10(5-3-9)14(16,17)18/h2-8,20H,1H3. The van der Waals surface area contributed by atoms with Gasteiger partial charge in [-0.25, -0.2) is 4.39 Å². The Bertz CT molecular complexity index is 605. The molecule has 2 rings (SSSR count). The van der Waals surface area contributed by atoms with Gasteiger partial charge in [-0.3, -0.25) is 4.98 Å². The van der Waals surface area contributed by atoms with E-state index in [9.17, 15) is 22.7 Å². The van der Waals surface area contributed by atoms with E-state index >= 15 is 0 Å². The van der Waals surface area contributed by atoms with Crippen LogP contribution in [0.4, 0.5) is 17.6 Å². The highest BCUT2D eigenvalue weighted by Gasteiger charge is 2.32. The van der Waals surface area contributed by atoms with Crippen molar-refractivity contribution in [1.29, 1.82) is 0 Å². The van der Waals surface area contributed by atoms with E-state index in [1.165, 1.54) is 13.1 Å². The summed E-state index contributed by atoms with van der Waals surface area (Å²) >= 11 is 0. The molecule has 1 heterocycles. The summed E-state index contributed by atoms with van der Waals surface area (Å²) in [6, 6.07) is 5.15. The van der Waals surface area contributed by atoms with Gasteiger partial charge in [-0.1, -0.05) is 12.1 Å². The van der Waals surface area contributed by atoms with Crippen LogP contribution in [-0.4, -0.2) is 10.1 Å². The Morgan fingerprint density at radius 3 is 2.00 bits per heavy atom. The second-order valence-electron chi connectivity index (χ2n) is 4.54. The molecule has 0 spiro atoms. The van der Waals surface area contributed by atoms with Gasteiger partial charge >= 0.3 is 6.18 Å². The zero-order valence-corrected chi connectivity index (χ0v) is 10.4. The van der Waals surface area contributed by atoms with Crippen molar-refractivity contribution in [2.75, 3.05) is 0 Å². The molecule has 0 saturated heterocycles. The number of pyridine rings is 1. The Morgan fingerprint density at radius 1 is 0.950 bits per heavy atom. The van der Waals surface area contributed by atoms with E-state index in [0.29, 0.717) is 0 Å². The number of nitrogens with zero attached hydrogens (tertiary/aromatic N) is 1. The molecular weight excluding hydrogens is 274 g/mol. The maximum atomic E-state index is 13.1. The lowest BCUT2D eigenvalue weighted by Crippen LogP contribution is -2.23. The van der Waals surface area contributed by atoms with Gasteiger partial charge in [0.25, 0.3) is 0 Å². The van der Waals surface area contributed by atoms with Gasteiger partial charge in [-0.15, -0.1) is 0 Å². The number of alkyl halides is 3. The Hall–Kier alpha value is -1.95. The zero-order chi connectivity index (χ0) is 15.0. The number of halogens is 4. The Kier molecular flexibility index (Phi) is 3.52. The molecule has 0 aliphatic heterocycles. The van der Waals surface area contributed by atoms with Crippen LogP contribution in [0.2, 0.25) is 0 Å². The minimum atomic E-state index is -4.44. The second-order valence-corrected chi connectivity index (χ2v) is 4.54. The van der Waals surface area contributed by atoms with E-state index in [2.05, 4.69) is 4.98 Å². The Labute approximate surface area is 112 Å². The summed E-state index contributed by atoms with van der Waals surface area (Å²) in [5.74, 6) is -0.630. The van der Waals surface area contributed by atoms with Crippen molar-refractivity contribution in [3.8, 4) is 0 Å². The van der Waals surface area contributed by atoms with Gasteiger partial charge in [0.2, 0.25) is 0 Å². The van der Waals surface area contributed by atoms with Gasteiger partial charge in [0, 0.05) is 11.8 Å². The molecule has 0 fully saturated rings. The molecule has 106 valence electrons. The zero-order valence-electron chi connectivity index (χ0n) is 10.4. The van der Waals surface area contributed by atoms with E-state index in [4.69, 9.17) is 0 Å². The maximum absolute atomic E-state index is 13.1. The average molecular weight is 285 g/mol. The van der Waals surface area contributed by atoms with Gasteiger partial charge in [0.1, 0.15) is 11.4 Å². The lowest BCUT2D eigenvalue weighted by molar-refractivity contribution is -0.137. The van der Waals surface area contributed by atoms with E-state index in [1.807, 2.05) is 0 Å². The molecule has 1 aromatic heterocycles. The fourth-order valence-electron chi connectivity index (χ4n) is 1.83. The van der Waals surface area contributed by atoms with Crippen LogP contribution in [0.15, 0.2) is 42.7 Å². The number of rotatable bonds is 2. The monoisotopic (exact) mass is 285 g/mol. The molecular formula is C14H11F4NO. The normalized spacial score (nSPS) is 14.9. The van der Waals surface area contributed by atoms with Crippen LogP contribution in [0.25, 0.3) is 0 Å². The summed E-state index contributed by atoms with van der Waals surface area (Å²) in [5.41, 5.74) is -2.05. The van der Waals surface area contributed by atoms with Crippen molar-refractivity contribution in [2.45, 2.75) is 18.7 Å². The van der Waals surface area contributed by atoms with Crippen LogP contribution in [0.1, 0.15) is 23.6 Å². The first kappa shape index (κ1) is 14.5. The van der Waals surface area contributed by atoms with Gasteiger partial charge < -0.3 is 5.11 Å². The maximum Gasteiger partial charge on any atom is 0.416 e. The highest BCUT2D eigenvalue weighted by atomic mass is 19.4. The first-order valence-electron chi connectivity index (χ1n) is 5.72. The van der Waals surface area contributed by atoms with Crippen molar-refractivity contribution < 1.29 is 22.7 Å². The van der Waals surface area contributed by atoms with E-state index in [1.54, 1.807) is 0 Å². The van der Waals surface area contributed by atoms with Gasteiger partial charge in [0.05, 0.1) is 11.8 Å². The molecule has 1 atom stereocenters. The molecule has 1 unspecified atom stereocenters. The topological polar surface area (TPSA) is 33.1 Å². The van der Waals surface area contributed by atoms with Crippen molar-refractivity contribution >= 4 is 0 Å². The molecule has 2 nitrogen and oxygen atoms in total. The third-order valence-electron chi connectivity index (χ3n) is 3.04. The summed E-state index contributed by atoms with van der Waals surface area (Å²) < 4.78 is 50.5. The first-order valence-corrected chi connectivity index (χ1v) is 5.72. The average Bonchev–Trinajstić information content (AvgIpc) is 2.38. The van der Waals surface area contributed by atoms with Crippen molar-refractivity contribution in [3.05, 3.63) is 65.2 Å². The van der Waals surface area contributed by atoms with Gasteiger partial charge in [-0.2, -0.15) is 13.2 Å². The van der Waals surface area contributed by atoms with Crippen LogP contribution in [0.5, 0.6) is 0 Å². The molecule has 0 radical (unpaired) electrons. The number of aliphatic hydroxyl groups is 1. The Balaban J connectivity index is 2.39. The molecule has 0 aliphatic rings. The predicted molar refractivity (Wildman–Crippen MR) is 64.3 cm³/mol. The molecule has 6 heteroatoms. The highest BCUT2D eigenvalue weighted by Crippen LogP contribution is 2.33. The predicted octanol–water partition coefficient (Wildman–Crippen LogP) is 3.50. The van der Waals surface area contributed by atoms with Crippen LogP contribution >= 0.6 is 0 Å². The fourth-order valence-corrected chi connectivity index (χ4v) is 1.83. The second kappa shape index (κ2) is 4.86. The SMILES string of the molecule is CC(O)(c1ccc(C(F)(F)F)cc1)c1cncc(F)c1. The fraction of sp³-hybridized carbons (Fsp3) is 0.214. The van der Waals surface area contributed by atoms with Crippen LogP contribution in [-0.2, 0) is 11.8 Å². The lowest BCUT2D eigenvalue weighted by atomic mass is 9.89. The summed E-state index contributed by atoms with van der Waals surface area (Å²) in [6.45, 7) is 1.37. The minimum Gasteiger partial charge on any atom is -0.381 e. The molecule has 0 aliphatic carbocycles. The number of hydrogen-bond donors (Lipinski definition) is 1. The Morgan fingerprint density at radius 2 is 1.50 bits per heavy atom. The summed E-state index contributed by atoms with van der Waals surface area (Å²) in [4.78, 5) is 3.62. The number of hydrogen-bond acceptors (Lipinski definition) is 2. The number of benzene rings is 1. The van der Waals surface area contributed by atoms with Gasteiger partial charge in [-0.05, 0) is 30.7 Å². The third-order valence-corrected chi connectivity index (χ3v) is 3.04. The molecule has 0 bridgehead atoms. The van der Waals surface area contributed by atoms with Crippen LogP contribution < -0.4 is 0 Å². The van der Waals surface area contributed by atoms with E-state index in [-0.39, 0.29) is 11.1 Å². The van der Waals surface area contributed by atoms with Crippen molar-refractivity contribution in [3.63, 3.8) is 0 Å². The van der Waals surface area contributed by atoms with Crippen molar-refractivity contribution in [2.24, 2.45) is 0 Å². The summed E-state index contributed by atoms with van der Waals surface area (Å²) in [7, 11) is 0. The summed E-state index contributed by atoms with van der Waals surface area (Å²) in [6.07, 6.45) is -2.20. The van der Waals surface area contributed by atoms with Crippen LogP contribution in [0.3, 0.4) is 0 Å². The minimum absolute atomic E-state index is 0.164. The summed E-state index contributed by atoms with van der Waals surface area (Å²) in [5, 5.41) is 10.4. The largest absolute Gasteiger partial charge is 0.416 e. The van der Waals surface area contributed by atoms with Gasteiger partial charge in [0.15, 0.2) is 0 Å². The molecule has 1 N–H and O–H groups in total. The van der Waals surface area contributed by atoms with E-state index in [0.717, 1.165) is 36.5 Å². The molecule has 1 aromatic carbocycles. The lowest BCUT2D eigenvalue weighted by Gasteiger charge is -2.24. The third kappa shape index (κ3) is 2.80. The van der Waals surface area contributed by atoms with E-state index < -0.39 is 23.2 Å². The molecule has 0 saturated carbocycles. The molecule has 0 amide bonds. The number of aromatic nitrogens is 1. The smallest absolute Gasteiger partial charge is 0.381 e. The molecule has 20 heavy (non-hydrogen) atoms. The molecule has 2 aromatic rings.